The molecule has 6 nitrogen and oxygen atoms in total. The van der Waals surface area contributed by atoms with Gasteiger partial charge in [-0.25, -0.2) is 0 Å². The Labute approximate surface area is 230 Å². The molecule has 5 rings (SSSR count). The maximum absolute atomic E-state index is 12.5. The molecule has 194 valence electrons. The topological polar surface area (TPSA) is 86.7 Å². The first-order chi connectivity index (χ1) is 19.5. The van der Waals surface area contributed by atoms with Crippen molar-refractivity contribution in [2.75, 3.05) is 0 Å². The van der Waals surface area contributed by atoms with Crippen LogP contribution in [0.25, 0.3) is 0 Å². The Bertz CT molecular complexity index is 1530. The molecule has 0 saturated heterocycles. The summed E-state index contributed by atoms with van der Waals surface area (Å²) in [5, 5.41) is 0. The van der Waals surface area contributed by atoms with E-state index in [1.165, 1.54) is 0 Å². The van der Waals surface area contributed by atoms with Crippen LogP contribution in [-0.2, 0) is 0 Å². The average Bonchev–Trinajstić information content (AvgIpc) is 3.02. The Kier molecular flexibility index (Phi) is 7.69. The zero-order valence-electron chi connectivity index (χ0n) is 21.2. The van der Waals surface area contributed by atoms with Crippen LogP contribution in [-0.4, -0.2) is 23.1 Å². The molecule has 40 heavy (non-hydrogen) atoms. The highest BCUT2D eigenvalue weighted by Gasteiger charge is 2.19. The van der Waals surface area contributed by atoms with Gasteiger partial charge in [0, 0.05) is 22.3 Å². The molecule has 0 amide bonds. The summed E-state index contributed by atoms with van der Waals surface area (Å²) in [6.45, 7) is 0. The third-order valence-corrected chi connectivity index (χ3v) is 6.01. The molecule has 0 unspecified atom stereocenters. The van der Waals surface area contributed by atoms with Crippen LogP contribution >= 0.6 is 0 Å². The van der Waals surface area contributed by atoms with Gasteiger partial charge in [-0.1, -0.05) is 60.7 Å². The fraction of sp³-hybridized carbons (Fsp3) is 0. The number of hydrogen-bond donors (Lipinski definition) is 0. The summed E-state index contributed by atoms with van der Waals surface area (Å²) in [5.74, 6) is -0.192. The predicted octanol–water partition coefficient (Wildman–Crippen LogP) is 7.40. The first kappa shape index (κ1) is 26.0. The number of Topliss-reactive ketones (excluding diaryl/α,β-unsaturated/α-hetero) is 4. The molecule has 0 saturated carbocycles. The molecule has 6 heteroatoms. The van der Waals surface area contributed by atoms with E-state index >= 15 is 0 Å². The van der Waals surface area contributed by atoms with Gasteiger partial charge >= 0.3 is 0 Å². The predicted molar refractivity (Wildman–Crippen MR) is 150 cm³/mol. The minimum Gasteiger partial charge on any atom is -0.457 e. The van der Waals surface area contributed by atoms with E-state index in [9.17, 15) is 19.2 Å². The Hall–Kier alpha value is -5.62. The van der Waals surface area contributed by atoms with E-state index in [1.54, 1.807) is 133 Å². The number of ketones is 4. The van der Waals surface area contributed by atoms with Crippen molar-refractivity contribution >= 4 is 23.1 Å². The van der Waals surface area contributed by atoms with Gasteiger partial charge in [0.15, 0.2) is 0 Å². The first-order valence-electron chi connectivity index (χ1n) is 12.4. The molecule has 5 aromatic carbocycles. The number of benzene rings is 5. The summed E-state index contributed by atoms with van der Waals surface area (Å²) >= 11 is 0. The maximum Gasteiger partial charge on any atom is 0.233 e. The largest absolute Gasteiger partial charge is 0.457 e. The maximum atomic E-state index is 12.5. The van der Waals surface area contributed by atoms with Crippen molar-refractivity contribution in [2.24, 2.45) is 0 Å². The molecule has 0 bridgehead atoms. The van der Waals surface area contributed by atoms with Crippen LogP contribution in [0, 0.1) is 0 Å². The molecular formula is C34H22O6. The van der Waals surface area contributed by atoms with E-state index in [0.717, 1.165) is 0 Å². The second kappa shape index (κ2) is 11.8. The third-order valence-electron chi connectivity index (χ3n) is 6.01. The average molecular weight is 527 g/mol. The quantitative estimate of drug-likeness (QED) is 0.139. The lowest BCUT2D eigenvalue weighted by atomic mass is 10.0. The molecule has 0 radical (unpaired) electrons. The molecule has 5 aromatic rings. The lowest BCUT2D eigenvalue weighted by molar-refractivity contribution is 0.0817. The second-order valence-electron chi connectivity index (χ2n) is 8.77. The highest BCUT2D eigenvalue weighted by atomic mass is 16.5. The Morgan fingerprint density at radius 1 is 0.300 bits per heavy atom. The van der Waals surface area contributed by atoms with Gasteiger partial charge in [-0.3, -0.25) is 19.2 Å². The lowest BCUT2D eigenvalue weighted by Gasteiger charge is -2.09. The zero-order valence-corrected chi connectivity index (χ0v) is 21.2. The second-order valence-corrected chi connectivity index (χ2v) is 8.77. The van der Waals surface area contributed by atoms with Gasteiger partial charge in [0.1, 0.15) is 23.0 Å². The van der Waals surface area contributed by atoms with Crippen molar-refractivity contribution in [3.63, 3.8) is 0 Å². The van der Waals surface area contributed by atoms with Crippen LogP contribution in [0.15, 0.2) is 133 Å². The van der Waals surface area contributed by atoms with E-state index in [4.69, 9.17) is 9.47 Å². The summed E-state index contributed by atoms with van der Waals surface area (Å²) in [5.41, 5.74) is 1.25. The van der Waals surface area contributed by atoms with E-state index in [0.29, 0.717) is 34.1 Å². The van der Waals surface area contributed by atoms with Crippen LogP contribution in [0.1, 0.15) is 41.4 Å². The minimum atomic E-state index is -0.584. The molecule has 0 aliphatic carbocycles. The van der Waals surface area contributed by atoms with Gasteiger partial charge in [-0.2, -0.15) is 0 Å². The van der Waals surface area contributed by atoms with Crippen molar-refractivity contribution < 1.29 is 28.7 Å². The Morgan fingerprint density at radius 3 is 0.800 bits per heavy atom. The molecule has 0 aromatic heterocycles. The molecule has 0 spiro atoms. The van der Waals surface area contributed by atoms with E-state index in [2.05, 4.69) is 0 Å². The van der Waals surface area contributed by atoms with Gasteiger partial charge in [0.25, 0.3) is 0 Å². The monoisotopic (exact) mass is 526 g/mol. The Balaban J connectivity index is 1.17. The van der Waals surface area contributed by atoms with Gasteiger partial charge in [-0.05, 0) is 72.8 Å². The minimum absolute atomic E-state index is 0.280. The SMILES string of the molecule is O=C(C(=O)c1ccc(Oc2ccc(Oc3ccc(C(=O)C(=O)c4ccccc4)cc3)cc2)cc1)c1ccccc1. The number of rotatable bonds is 10. The molecule has 0 N–H and O–H groups in total. The zero-order chi connectivity index (χ0) is 27.9. The standard InChI is InChI=1S/C34H22O6/c35-31(23-7-3-1-4-8-23)33(37)25-11-15-27(16-12-25)39-29-19-21-30(22-20-29)40-28-17-13-26(14-18-28)34(38)32(36)24-9-5-2-6-10-24/h1-22H. The van der Waals surface area contributed by atoms with Gasteiger partial charge < -0.3 is 9.47 Å². The number of carbonyl (C=O) groups excluding carboxylic acids is 4. The summed E-state index contributed by atoms with van der Waals surface area (Å²) in [7, 11) is 0. The van der Waals surface area contributed by atoms with Crippen molar-refractivity contribution in [1.82, 2.24) is 0 Å². The summed E-state index contributed by atoms with van der Waals surface area (Å²) in [6, 6.07) is 36.5. The van der Waals surface area contributed by atoms with Crippen LogP contribution in [0.2, 0.25) is 0 Å². The van der Waals surface area contributed by atoms with E-state index in [1.807, 2.05) is 0 Å². The molecule has 0 atom stereocenters. The van der Waals surface area contributed by atoms with Crippen molar-refractivity contribution in [3.8, 4) is 23.0 Å². The fourth-order valence-corrected chi connectivity index (χ4v) is 3.90. The highest BCUT2D eigenvalue weighted by molar-refractivity contribution is 6.49. The smallest absolute Gasteiger partial charge is 0.233 e. The third kappa shape index (κ3) is 6.09. The van der Waals surface area contributed by atoms with Crippen molar-refractivity contribution in [2.45, 2.75) is 0 Å². The summed E-state index contributed by atoms with van der Waals surface area (Å²) in [4.78, 5) is 49.8. The normalized spacial score (nSPS) is 10.4. The van der Waals surface area contributed by atoms with Crippen LogP contribution in [0.4, 0.5) is 0 Å². The summed E-state index contributed by atoms with van der Waals surface area (Å²) < 4.78 is 11.7. The van der Waals surface area contributed by atoms with Crippen LogP contribution in [0.3, 0.4) is 0 Å². The molecule has 0 heterocycles. The van der Waals surface area contributed by atoms with E-state index < -0.39 is 23.1 Å². The number of carbonyl (C=O) groups is 4. The van der Waals surface area contributed by atoms with Gasteiger partial charge in [-0.15, -0.1) is 0 Å². The lowest BCUT2D eigenvalue weighted by Crippen LogP contribution is -2.14. The van der Waals surface area contributed by atoms with Crippen LogP contribution < -0.4 is 9.47 Å². The van der Waals surface area contributed by atoms with Crippen molar-refractivity contribution in [1.29, 1.82) is 0 Å². The highest BCUT2D eigenvalue weighted by Crippen LogP contribution is 2.27. The van der Waals surface area contributed by atoms with Crippen molar-refractivity contribution in [3.05, 3.63) is 156 Å². The Morgan fingerprint density at radius 2 is 0.525 bits per heavy atom. The number of hydrogen-bond acceptors (Lipinski definition) is 6. The molecular weight excluding hydrogens is 504 g/mol. The van der Waals surface area contributed by atoms with E-state index in [-0.39, 0.29) is 11.1 Å². The molecule has 0 aliphatic heterocycles. The number of ether oxygens (including phenoxy) is 2. The molecule has 0 aliphatic rings. The molecule has 0 fully saturated rings. The van der Waals surface area contributed by atoms with Gasteiger partial charge in [0.05, 0.1) is 0 Å². The summed E-state index contributed by atoms with van der Waals surface area (Å²) in [6.07, 6.45) is 0. The fourth-order valence-electron chi connectivity index (χ4n) is 3.90. The van der Waals surface area contributed by atoms with Gasteiger partial charge in [0.2, 0.25) is 23.1 Å². The first-order valence-corrected chi connectivity index (χ1v) is 12.4. The van der Waals surface area contributed by atoms with Crippen LogP contribution in [0.5, 0.6) is 23.0 Å².